The number of aromatic amines is 1. The zero-order valence-electron chi connectivity index (χ0n) is 10.6. The van der Waals surface area contributed by atoms with E-state index in [-0.39, 0.29) is 11.1 Å². The molecule has 0 saturated heterocycles. The second-order valence-corrected chi connectivity index (χ2v) is 4.32. The van der Waals surface area contributed by atoms with Crippen molar-refractivity contribution in [3.63, 3.8) is 0 Å². The number of H-pyrrole nitrogens is 1. The van der Waals surface area contributed by atoms with Crippen molar-refractivity contribution < 1.29 is 0 Å². The Morgan fingerprint density at radius 1 is 1.11 bits per heavy atom. The molecular formula is C15H11N3O. The fourth-order valence-electron chi connectivity index (χ4n) is 1.98. The number of nitriles is 2. The Labute approximate surface area is 110 Å². The van der Waals surface area contributed by atoms with Crippen LogP contribution < -0.4 is 5.56 Å². The highest BCUT2D eigenvalue weighted by molar-refractivity contribution is 5.71. The molecule has 0 bridgehead atoms. The van der Waals surface area contributed by atoms with E-state index in [2.05, 4.69) is 11.1 Å². The predicted molar refractivity (Wildman–Crippen MR) is 71.4 cm³/mol. The SMILES string of the molecule is Cc1cc(-c2ccc(C#N)c(C)c2)c(C#N)c(=O)[nH]1. The number of rotatable bonds is 1. The van der Waals surface area contributed by atoms with Crippen LogP contribution in [0.1, 0.15) is 22.4 Å². The molecule has 0 atom stereocenters. The summed E-state index contributed by atoms with van der Waals surface area (Å²) in [4.78, 5) is 14.3. The van der Waals surface area contributed by atoms with Crippen LogP contribution in [0.4, 0.5) is 0 Å². The first-order valence-corrected chi connectivity index (χ1v) is 5.72. The van der Waals surface area contributed by atoms with Crippen LogP contribution >= 0.6 is 0 Å². The first kappa shape index (κ1) is 12.6. The number of hydrogen-bond donors (Lipinski definition) is 1. The lowest BCUT2D eigenvalue weighted by Crippen LogP contribution is -2.12. The van der Waals surface area contributed by atoms with Gasteiger partial charge in [0.2, 0.25) is 0 Å². The molecular weight excluding hydrogens is 238 g/mol. The minimum atomic E-state index is -0.389. The number of nitrogens with zero attached hydrogens (tertiary/aromatic N) is 2. The average Bonchev–Trinajstić information content (AvgIpc) is 2.37. The fraction of sp³-hybridized carbons (Fsp3) is 0.133. The third kappa shape index (κ3) is 2.25. The third-order valence-corrected chi connectivity index (χ3v) is 2.94. The second-order valence-electron chi connectivity index (χ2n) is 4.32. The molecule has 0 aliphatic rings. The van der Waals surface area contributed by atoms with E-state index in [1.54, 1.807) is 25.1 Å². The van der Waals surface area contributed by atoms with E-state index in [0.29, 0.717) is 16.8 Å². The van der Waals surface area contributed by atoms with Crippen LogP contribution in [0.25, 0.3) is 11.1 Å². The van der Waals surface area contributed by atoms with Gasteiger partial charge >= 0.3 is 0 Å². The monoisotopic (exact) mass is 249 g/mol. The molecule has 2 aromatic rings. The normalized spacial score (nSPS) is 9.68. The van der Waals surface area contributed by atoms with Gasteiger partial charge in [-0.1, -0.05) is 12.1 Å². The molecule has 0 saturated carbocycles. The van der Waals surface area contributed by atoms with Gasteiger partial charge in [-0.3, -0.25) is 4.79 Å². The Morgan fingerprint density at radius 2 is 1.84 bits per heavy atom. The molecule has 0 fully saturated rings. The maximum Gasteiger partial charge on any atom is 0.266 e. The van der Waals surface area contributed by atoms with Crippen molar-refractivity contribution in [2.24, 2.45) is 0 Å². The van der Waals surface area contributed by atoms with Gasteiger partial charge in [0.1, 0.15) is 11.6 Å². The molecule has 1 aromatic carbocycles. The molecule has 2 rings (SSSR count). The third-order valence-electron chi connectivity index (χ3n) is 2.94. The molecule has 4 nitrogen and oxygen atoms in total. The quantitative estimate of drug-likeness (QED) is 0.842. The van der Waals surface area contributed by atoms with Crippen LogP contribution in [0, 0.1) is 36.5 Å². The number of aryl methyl sites for hydroxylation is 2. The van der Waals surface area contributed by atoms with Gasteiger partial charge in [-0.15, -0.1) is 0 Å². The van der Waals surface area contributed by atoms with Gasteiger partial charge in [0, 0.05) is 11.3 Å². The molecule has 0 amide bonds. The van der Waals surface area contributed by atoms with Gasteiger partial charge in [-0.05, 0) is 37.1 Å². The van der Waals surface area contributed by atoms with Gasteiger partial charge in [0.15, 0.2) is 0 Å². The van der Waals surface area contributed by atoms with Crippen molar-refractivity contribution in [3.05, 3.63) is 57.0 Å². The summed E-state index contributed by atoms with van der Waals surface area (Å²) < 4.78 is 0. The molecule has 19 heavy (non-hydrogen) atoms. The predicted octanol–water partition coefficient (Wildman–Crippen LogP) is 2.40. The molecule has 0 aliphatic heterocycles. The van der Waals surface area contributed by atoms with Gasteiger partial charge in [0.25, 0.3) is 5.56 Å². The van der Waals surface area contributed by atoms with Gasteiger partial charge in [-0.25, -0.2) is 0 Å². The van der Waals surface area contributed by atoms with Gasteiger partial charge in [-0.2, -0.15) is 10.5 Å². The number of pyridine rings is 1. The van der Waals surface area contributed by atoms with Crippen LogP contribution in [0.3, 0.4) is 0 Å². The van der Waals surface area contributed by atoms with Crippen LogP contribution in [-0.2, 0) is 0 Å². The van der Waals surface area contributed by atoms with Crippen molar-refractivity contribution in [3.8, 4) is 23.3 Å². The van der Waals surface area contributed by atoms with Crippen LogP contribution in [0.5, 0.6) is 0 Å². The highest BCUT2D eigenvalue weighted by Crippen LogP contribution is 2.24. The van der Waals surface area contributed by atoms with E-state index in [9.17, 15) is 4.79 Å². The maximum absolute atomic E-state index is 11.7. The lowest BCUT2D eigenvalue weighted by Gasteiger charge is -2.07. The summed E-state index contributed by atoms with van der Waals surface area (Å²) in [5, 5.41) is 18.0. The lowest BCUT2D eigenvalue weighted by atomic mass is 9.97. The van der Waals surface area contributed by atoms with Gasteiger partial charge < -0.3 is 4.98 Å². The average molecular weight is 249 g/mol. The van der Waals surface area contributed by atoms with Crippen LogP contribution in [-0.4, -0.2) is 4.98 Å². The minimum Gasteiger partial charge on any atom is -0.325 e. The zero-order valence-corrected chi connectivity index (χ0v) is 10.6. The van der Waals surface area contributed by atoms with Crippen molar-refractivity contribution in [1.82, 2.24) is 4.98 Å². The Kier molecular flexibility index (Phi) is 3.18. The lowest BCUT2D eigenvalue weighted by molar-refractivity contribution is 1.13. The Bertz CT molecular complexity index is 789. The van der Waals surface area contributed by atoms with Crippen molar-refractivity contribution >= 4 is 0 Å². The summed E-state index contributed by atoms with van der Waals surface area (Å²) in [5.41, 5.74) is 3.17. The fourth-order valence-corrected chi connectivity index (χ4v) is 1.98. The molecule has 1 heterocycles. The number of aromatic nitrogens is 1. The molecule has 0 unspecified atom stereocenters. The van der Waals surface area contributed by atoms with E-state index < -0.39 is 0 Å². The standard InChI is InChI=1S/C15H11N3O/c1-9-5-11(3-4-12(9)7-16)13-6-10(2)18-15(19)14(13)8-17/h3-6H,1-2H3,(H,18,19). The Morgan fingerprint density at radius 3 is 2.42 bits per heavy atom. The minimum absolute atomic E-state index is 0.0923. The van der Waals surface area contributed by atoms with E-state index in [1.807, 2.05) is 19.1 Å². The smallest absolute Gasteiger partial charge is 0.266 e. The topological polar surface area (TPSA) is 80.4 Å². The maximum atomic E-state index is 11.7. The van der Waals surface area contributed by atoms with Crippen molar-refractivity contribution in [1.29, 1.82) is 10.5 Å². The van der Waals surface area contributed by atoms with E-state index in [0.717, 1.165) is 11.1 Å². The number of hydrogen-bond acceptors (Lipinski definition) is 3. The highest BCUT2D eigenvalue weighted by atomic mass is 16.1. The second kappa shape index (κ2) is 4.80. The molecule has 92 valence electrons. The summed E-state index contributed by atoms with van der Waals surface area (Å²) >= 11 is 0. The molecule has 0 radical (unpaired) electrons. The largest absolute Gasteiger partial charge is 0.325 e. The zero-order chi connectivity index (χ0) is 14.0. The highest BCUT2D eigenvalue weighted by Gasteiger charge is 2.11. The first-order chi connectivity index (χ1) is 9.06. The summed E-state index contributed by atoms with van der Waals surface area (Å²) in [6.45, 7) is 3.59. The van der Waals surface area contributed by atoms with Gasteiger partial charge in [0.05, 0.1) is 11.6 Å². The van der Waals surface area contributed by atoms with E-state index in [1.165, 1.54) is 0 Å². The van der Waals surface area contributed by atoms with Crippen molar-refractivity contribution in [2.75, 3.05) is 0 Å². The Hall–Kier alpha value is -2.85. The molecule has 4 heteroatoms. The molecule has 0 spiro atoms. The Balaban J connectivity index is 2.73. The summed E-state index contributed by atoms with van der Waals surface area (Å²) in [7, 11) is 0. The van der Waals surface area contributed by atoms with Crippen molar-refractivity contribution in [2.45, 2.75) is 13.8 Å². The summed E-state index contributed by atoms with van der Waals surface area (Å²) in [6, 6.07) is 11.0. The van der Waals surface area contributed by atoms with E-state index >= 15 is 0 Å². The summed E-state index contributed by atoms with van der Waals surface area (Å²) in [5.74, 6) is 0. The number of benzene rings is 1. The summed E-state index contributed by atoms with van der Waals surface area (Å²) in [6.07, 6.45) is 0. The van der Waals surface area contributed by atoms with Crippen LogP contribution in [0.2, 0.25) is 0 Å². The number of nitrogens with one attached hydrogen (secondary N) is 1. The first-order valence-electron chi connectivity index (χ1n) is 5.72. The molecule has 1 aromatic heterocycles. The van der Waals surface area contributed by atoms with E-state index in [4.69, 9.17) is 10.5 Å². The molecule has 0 aliphatic carbocycles. The molecule has 1 N–H and O–H groups in total. The van der Waals surface area contributed by atoms with Crippen LogP contribution in [0.15, 0.2) is 29.1 Å².